The van der Waals surface area contributed by atoms with Crippen LogP contribution in [0.1, 0.15) is 29.4 Å². The van der Waals surface area contributed by atoms with Crippen molar-refractivity contribution in [2.24, 2.45) is 0 Å². The number of nitrogens with zero attached hydrogens (tertiary/aromatic N) is 1. The highest BCUT2D eigenvalue weighted by Gasteiger charge is 2.24. The van der Waals surface area contributed by atoms with E-state index in [-0.39, 0.29) is 5.91 Å². The summed E-state index contributed by atoms with van der Waals surface area (Å²) in [4.78, 5) is 15.0. The Morgan fingerprint density at radius 1 is 1.67 bits per heavy atom. The average Bonchev–Trinajstić information content (AvgIpc) is 3.05. The summed E-state index contributed by atoms with van der Waals surface area (Å²) in [6.45, 7) is 4.61. The predicted octanol–water partition coefficient (Wildman–Crippen LogP) is 1.97. The topological polar surface area (TPSA) is 41.6 Å². The van der Waals surface area contributed by atoms with Crippen molar-refractivity contribution in [3.8, 4) is 5.75 Å². The van der Waals surface area contributed by atoms with Gasteiger partial charge in [0, 0.05) is 19.1 Å². The molecule has 0 spiro atoms. The Morgan fingerprint density at radius 3 is 3.11 bits per heavy atom. The number of carbonyl (C=O) groups is 1. The lowest BCUT2D eigenvalue weighted by Crippen LogP contribution is -2.40. The third kappa shape index (κ3) is 2.84. The van der Waals surface area contributed by atoms with Gasteiger partial charge in [0.1, 0.15) is 10.6 Å². The van der Waals surface area contributed by atoms with Crippen LogP contribution in [0.3, 0.4) is 0 Å². The van der Waals surface area contributed by atoms with Crippen molar-refractivity contribution in [1.29, 1.82) is 0 Å². The summed E-state index contributed by atoms with van der Waals surface area (Å²) in [5.74, 6) is 0.765. The van der Waals surface area contributed by atoms with Crippen LogP contribution in [-0.2, 0) is 0 Å². The Balaban J connectivity index is 2.04. The number of rotatable bonds is 5. The van der Waals surface area contributed by atoms with E-state index in [9.17, 15) is 4.79 Å². The molecule has 0 bridgehead atoms. The number of likely N-dealkylation sites (N-methyl/N-ethyl adjacent to an activating group) is 1. The molecule has 5 heteroatoms. The number of amides is 1. The van der Waals surface area contributed by atoms with E-state index in [0.717, 1.165) is 26.1 Å². The smallest absolute Gasteiger partial charge is 0.267 e. The molecule has 2 rings (SSSR count). The maximum absolute atomic E-state index is 12.4. The van der Waals surface area contributed by atoms with E-state index >= 15 is 0 Å². The lowest BCUT2D eigenvalue weighted by Gasteiger charge is -2.24. The number of thiophene rings is 1. The number of hydrogen-bond acceptors (Lipinski definition) is 4. The van der Waals surface area contributed by atoms with E-state index < -0.39 is 0 Å². The summed E-state index contributed by atoms with van der Waals surface area (Å²) in [6.07, 6.45) is 2.37. The minimum absolute atomic E-state index is 0.0815. The zero-order valence-electron chi connectivity index (χ0n) is 10.9. The predicted molar refractivity (Wildman–Crippen MR) is 73.5 cm³/mol. The second-order valence-corrected chi connectivity index (χ2v) is 5.37. The molecule has 1 N–H and O–H groups in total. The van der Waals surface area contributed by atoms with Crippen LogP contribution in [0.4, 0.5) is 0 Å². The van der Waals surface area contributed by atoms with Crippen LogP contribution in [0, 0.1) is 0 Å². The molecule has 2 heterocycles. The van der Waals surface area contributed by atoms with Gasteiger partial charge in [-0.25, -0.2) is 0 Å². The lowest BCUT2D eigenvalue weighted by atomic mass is 10.2. The van der Waals surface area contributed by atoms with E-state index in [1.54, 1.807) is 7.11 Å². The first kappa shape index (κ1) is 13.4. The van der Waals surface area contributed by atoms with E-state index in [0.29, 0.717) is 16.7 Å². The molecule has 1 aliphatic rings. The maximum Gasteiger partial charge on any atom is 0.267 e. The van der Waals surface area contributed by atoms with Crippen LogP contribution in [0.15, 0.2) is 11.4 Å². The monoisotopic (exact) mass is 268 g/mol. The Labute approximate surface area is 112 Å². The number of ether oxygens (including phenoxy) is 1. The van der Waals surface area contributed by atoms with Crippen molar-refractivity contribution in [3.63, 3.8) is 0 Å². The second kappa shape index (κ2) is 6.20. The van der Waals surface area contributed by atoms with Crippen molar-refractivity contribution >= 4 is 17.2 Å². The van der Waals surface area contributed by atoms with Gasteiger partial charge in [0.05, 0.1) is 7.11 Å². The fraction of sp³-hybridized carbons (Fsp3) is 0.615. The third-order valence-corrected chi connectivity index (χ3v) is 4.20. The summed E-state index contributed by atoms with van der Waals surface area (Å²) < 4.78 is 5.22. The van der Waals surface area contributed by atoms with Crippen molar-refractivity contribution in [3.05, 3.63) is 16.3 Å². The van der Waals surface area contributed by atoms with Crippen molar-refractivity contribution in [1.82, 2.24) is 10.2 Å². The van der Waals surface area contributed by atoms with Gasteiger partial charge in [0.25, 0.3) is 5.91 Å². The number of nitrogens with one attached hydrogen (secondary N) is 1. The Hall–Kier alpha value is -1.07. The molecule has 0 radical (unpaired) electrons. The summed E-state index contributed by atoms with van der Waals surface area (Å²) in [5, 5.41) is 5.32. The minimum atomic E-state index is 0.0815. The van der Waals surface area contributed by atoms with Gasteiger partial charge in [0.15, 0.2) is 0 Å². The molecule has 1 saturated heterocycles. The molecular weight excluding hydrogens is 248 g/mol. The van der Waals surface area contributed by atoms with Crippen LogP contribution in [0.25, 0.3) is 0 Å². The van der Waals surface area contributed by atoms with Crippen LogP contribution in [0.5, 0.6) is 5.75 Å². The van der Waals surface area contributed by atoms with E-state index in [4.69, 9.17) is 4.74 Å². The van der Waals surface area contributed by atoms with E-state index in [1.165, 1.54) is 17.8 Å². The summed E-state index contributed by atoms with van der Waals surface area (Å²) in [6, 6.07) is 2.29. The van der Waals surface area contributed by atoms with Crippen molar-refractivity contribution < 1.29 is 9.53 Å². The SMILES string of the molecule is CCN(CC1CCCN1)C(=O)c1sccc1OC. The first-order chi connectivity index (χ1) is 8.76. The van der Waals surface area contributed by atoms with Crippen molar-refractivity contribution in [2.45, 2.75) is 25.8 Å². The second-order valence-electron chi connectivity index (χ2n) is 4.46. The van der Waals surface area contributed by atoms with Gasteiger partial charge < -0.3 is 15.0 Å². The Morgan fingerprint density at radius 2 is 2.50 bits per heavy atom. The van der Waals surface area contributed by atoms with Gasteiger partial charge in [0.2, 0.25) is 0 Å². The van der Waals surface area contributed by atoms with E-state index in [2.05, 4.69) is 5.32 Å². The number of hydrogen-bond donors (Lipinski definition) is 1. The molecule has 1 aromatic rings. The lowest BCUT2D eigenvalue weighted by molar-refractivity contribution is 0.0753. The van der Waals surface area contributed by atoms with Gasteiger partial charge in [-0.05, 0) is 37.8 Å². The standard InChI is InChI=1S/C13H20N2O2S/c1-3-15(9-10-5-4-7-14-10)13(16)12-11(17-2)6-8-18-12/h6,8,10,14H,3-5,7,9H2,1-2H3. The first-order valence-corrected chi connectivity index (χ1v) is 7.28. The molecule has 1 amide bonds. The molecule has 1 atom stereocenters. The molecule has 100 valence electrons. The number of carbonyl (C=O) groups excluding carboxylic acids is 1. The molecule has 1 fully saturated rings. The van der Waals surface area contributed by atoms with Crippen molar-refractivity contribution in [2.75, 3.05) is 26.7 Å². The molecular formula is C13H20N2O2S. The van der Waals surface area contributed by atoms with Gasteiger partial charge in [-0.2, -0.15) is 0 Å². The molecule has 0 saturated carbocycles. The summed E-state index contributed by atoms with van der Waals surface area (Å²) in [7, 11) is 1.60. The average molecular weight is 268 g/mol. The van der Waals surface area contributed by atoms with Crippen LogP contribution < -0.4 is 10.1 Å². The number of methoxy groups -OCH3 is 1. The molecule has 4 nitrogen and oxygen atoms in total. The summed E-state index contributed by atoms with van der Waals surface area (Å²) in [5.41, 5.74) is 0. The molecule has 0 aliphatic carbocycles. The Bertz CT molecular complexity index is 399. The first-order valence-electron chi connectivity index (χ1n) is 6.40. The van der Waals surface area contributed by atoms with Gasteiger partial charge in [-0.3, -0.25) is 4.79 Å². The Kier molecular flexibility index (Phi) is 4.60. The quantitative estimate of drug-likeness (QED) is 0.887. The normalized spacial score (nSPS) is 18.9. The molecule has 18 heavy (non-hydrogen) atoms. The van der Waals surface area contributed by atoms with Crippen LogP contribution in [0.2, 0.25) is 0 Å². The third-order valence-electron chi connectivity index (χ3n) is 3.32. The van der Waals surface area contributed by atoms with Gasteiger partial charge >= 0.3 is 0 Å². The van der Waals surface area contributed by atoms with Gasteiger partial charge in [-0.15, -0.1) is 11.3 Å². The minimum Gasteiger partial charge on any atom is -0.495 e. The van der Waals surface area contributed by atoms with Crippen LogP contribution in [-0.4, -0.2) is 43.6 Å². The highest BCUT2D eigenvalue weighted by molar-refractivity contribution is 7.12. The molecule has 1 unspecified atom stereocenters. The zero-order chi connectivity index (χ0) is 13.0. The molecule has 1 aliphatic heterocycles. The molecule has 1 aromatic heterocycles. The molecule has 0 aromatic carbocycles. The van der Waals surface area contributed by atoms with Gasteiger partial charge in [-0.1, -0.05) is 0 Å². The van der Waals surface area contributed by atoms with E-state index in [1.807, 2.05) is 23.3 Å². The fourth-order valence-corrected chi connectivity index (χ4v) is 3.12. The summed E-state index contributed by atoms with van der Waals surface area (Å²) >= 11 is 1.45. The highest BCUT2D eigenvalue weighted by Crippen LogP contribution is 2.26. The fourth-order valence-electron chi connectivity index (χ4n) is 2.29. The van der Waals surface area contributed by atoms with Crippen LogP contribution >= 0.6 is 11.3 Å². The maximum atomic E-state index is 12.4. The zero-order valence-corrected chi connectivity index (χ0v) is 11.8. The largest absolute Gasteiger partial charge is 0.495 e. The highest BCUT2D eigenvalue weighted by atomic mass is 32.1.